The van der Waals surface area contributed by atoms with Gasteiger partial charge < -0.3 is 0 Å². The van der Waals surface area contributed by atoms with Crippen molar-refractivity contribution in [2.24, 2.45) is 0 Å². The Labute approximate surface area is 120 Å². The van der Waals surface area contributed by atoms with Crippen molar-refractivity contribution >= 4 is 5.69 Å². The first kappa shape index (κ1) is 13.0. The third-order valence-electron chi connectivity index (χ3n) is 3.23. The van der Waals surface area contributed by atoms with E-state index in [-0.39, 0.29) is 10.6 Å². The van der Waals surface area contributed by atoms with E-state index in [4.69, 9.17) is 0 Å². The van der Waals surface area contributed by atoms with Crippen LogP contribution in [-0.2, 0) is 0 Å². The van der Waals surface area contributed by atoms with Gasteiger partial charge in [-0.05, 0) is 31.2 Å². The van der Waals surface area contributed by atoms with Gasteiger partial charge in [-0.2, -0.15) is 0 Å². The lowest BCUT2D eigenvalue weighted by molar-refractivity contribution is -0.385. The fourth-order valence-corrected chi connectivity index (χ4v) is 2.21. The van der Waals surface area contributed by atoms with Gasteiger partial charge in [0.05, 0.1) is 4.92 Å². The Morgan fingerprint density at radius 3 is 2.57 bits per heavy atom. The third-order valence-corrected chi connectivity index (χ3v) is 3.23. The zero-order chi connectivity index (χ0) is 14.8. The van der Waals surface area contributed by atoms with Crippen molar-refractivity contribution in [1.29, 1.82) is 0 Å². The first-order valence-electron chi connectivity index (χ1n) is 6.37. The lowest BCUT2D eigenvalue weighted by Gasteiger charge is -2.07. The van der Waals surface area contributed by atoms with Crippen LogP contribution in [-0.4, -0.2) is 19.7 Å². The zero-order valence-electron chi connectivity index (χ0n) is 11.3. The Morgan fingerprint density at radius 1 is 1.14 bits per heavy atom. The molecule has 0 bridgehead atoms. The Hall–Kier alpha value is -3.02. The van der Waals surface area contributed by atoms with Gasteiger partial charge in [-0.1, -0.05) is 18.2 Å². The number of benzene rings is 2. The number of hydrogen-bond acceptors (Lipinski definition) is 4. The smallest absolute Gasteiger partial charge is 0.272 e. The second-order valence-corrected chi connectivity index (χ2v) is 4.62. The van der Waals surface area contributed by atoms with Crippen LogP contribution in [0.1, 0.15) is 5.56 Å². The summed E-state index contributed by atoms with van der Waals surface area (Å²) in [6.45, 7) is 1.71. The van der Waals surface area contributed by atoms with E-state index in [1.807, 2.05) is 34.9 Å². The second kappa shape index (κ2) is 5.16. The highest BCUT2D eigenvalue weighted by Gasteiger charge is 2.14. The summed E-state index contributed by atoms with van der Waals surface area (Å²) in [4.78, 5) is 10.5. The van der Waals surface area contributed by atoms with Crippen molar-refractivity contribution in [1.82, 2.24) is 14.8 Å². The highest BCUT2D eigenvalue weighted by Crippen LogP contribution is 2.26. The summed E-state index contributed by atoms with van der Waals surface area (Å²) in [6, 6.07) is 14.6. The molecule has 1 heterocycles. The molecule has 0 saturated carbocycles. The fourth-order valence-electron chi connectivity index (χ4n) is 2.21. The van der Waals surface area contributed by atoms with Crippen LogP contribution in [0.5, 0.6) is 0 Å². The average molecular weight is 280 g/mol. The van der Waals surface area contributed by atoms with E-state index in [1.165, 1.54) is 6.07 Å². The van der Waals surface area contributed by atoms with Crippen LogP contribution in [0.25, 0.3) is 17.1 Å². The molecule has 3 rings (SSSR count). The lowest BCUT2D eigenvalue weighted by atomic mass is 10.1. The van der Waals surface area contributed by atoms with Gasteiger partial charge in [-0.3, -0.25) is 14.7 Å². The maximum Gasteiger partial charge on any atom is 0.272 e. The van der Waals surface area contributed by atoms with Gasteiger partial charge in [-0.15, -0.1) is 10.2 Å². The molecular weight excluding hydrogens is 268 g/mol. The van der Waals surface area contributed by atoms with Crippen LogP contribution in [0.15, 0.2) is 54.9 Å². The molecule has 0 radical (unpaired) electrons. The number of para-hydroxylation sites is 1. The molecule has 6 heteroatoms. The minimum absolute atomic E-state index is 0.101. The average Bonchev–Trinajstić information content (AvgIpc) is 2.97. The lowest BCUT2D eigenvalue weighted by Crippen LogP contribution is -1.97. The van der Waals surface area contributed by atoms with Gasteiger partial charge in [0.1, 0.15) is 6.33 Å². The molecule has 0 atom stereocenters. The van der Waals surface area contributed by atoms with Crippen molar-refractivity contribution in [2.45, 2.75) is 6.92 Å². The van der Waals surface area contributed by atoms with Crippen LogP contribution in [0.2, 0.25) is 0 Å². The topological polar surface area (TPSA) is 73.8 Å². The molecule has 0 aliphatic heterocycles. The van der Waals surface area contributed by atoms with Crippen LogP contribution in [0.3, 0.4) is 0 Å². The largest absolute Gasteiger partial charge is 0.282 e. The van der Waals surface area contributed by atoms with Crippen molar-refractivity contribution in [3.8, 4) is 17.1 Å². The Bertz CT molecular complexity index is 796. The minimum atomic E-state index is -0.388. The molecule has 0 fully saturated rings. The molecule has 21 heavy (non-hydrogen) atoms. The van der Waals surface area contributed by atoms with Crippen molar-refractivity contribution in [3.63, 3.8) is 0 Å². The first-order chi connectivity index (χ1) is 10.2. The van der Waals surface area contributed by atoms with E-state index in [0.29, 0.717) is 11.4 Å². The normalized spacial score (nSPS) is 10.5. The predicted molar refractivity (Wildman–Crippen MR) is 78.2 cm³/mol. The van der Waals surface area contributed by atoms with Crippen molar-refractivity contribution in [2.75, 3.05) is 0 Å². The maximum absolute atomic E-state index is 10.9. The van der Waals surface area contributed by atoms with Gasteiger partial charge in [-0.25, -0.2) is 0 Å². The monoisotopic (exact) mass is 280 g/mol. The van der Waals surface area contributed by atoms with E-state index in [9.17, 15) is 10.1 Å². The van der Waals surface area contributed by atoms with Crippen molar-refractivity contribution in [3.05, 3.63) is 70.5 Å². The molecule has 3 aromatic rings. The summed E-state index contributed by atoms with van der Waals surface area (Å²) in [5, 5.41) is 18.9. The van der Waals surface area contributed by atoms with Crippen LogP contribution in [0.4, 0.5) is 5.69 Å². The summed E-state index contributed by atoms with van der Waals surface area (Å²) >= 11 is 0. The molecule has 0 unspecified atom stereocenters. The summed E-state index contributed by atoms with van der Waals surface area (Å²) < 4.78 is 1.85. The second-order valence-electron chi connectivity index (χ2n) is 4.62. The number of hydrogen-bond donors (Lipinski definition) is 0. The van der Waals surface area contributed by atoms with Gasteiger partial charge in [0, 0.05) is 22.9 Å². The van der Waals surface area contributed by atoms with Gasteiger partial charge in [0.15, 0.2) is 5.82 Å². The summed E-state index contributed by atoms with van der Waals surface area (Å²) in [6.07, 6.45) is 1.63. The molecular formula is C15H12N4O2. The van der Waals surface area contributed by atoms with E-state index in [2.05, 4.69) is 10.2 Å². The first-order valence-corrected chi connectivity index (χ1v) is 6.37. The third kappa shape index (κ3) is 2.38. The SMILES string of the molecule is Cc1cc(-c2nncn2-c2ccccc2)ccc1[N+](=O)[O-]. The van der Waals surface area contributed by atoms with Gasteiger partial charge in [0.25, 0.3) is 5.69 Å². The Balaban J connectivity index is 2.09. The molecule has 0 aliphatic carbocycles. The Morgan fingerprint density at radius 2 is 1.90 bits per heavy atom. The summed E-state index contributed by atoms with van der Waals surface area (Å²) in [7, 11) is 0. The van der Waals surface area contributed by atoms with Crippen molar-refractivity contribution < 1.29 is 4.92 Å². The highest BCUT2D eigenvalue weighted by molar-refractivity contribution is 5.62. The van der Waals surface area contributed by atoms with E-state index in [0.717, 1.165) is 11.3 Å². The van der Waals surface area contributed by atoms with Gasteiger partial charge >= 0.3 is 0 Å². The van der Waals surface area contributed by atoms with E-state index in [1.54, 1.807) is 25.4 Å². The fraction of sp³-hybridized carbons (Fsp3) is 0.0667. The minimum Gasteiger partial charge on any atom is -0.282 e. The summed E-state index contributed by atoms with van der Waals surface area (Å²) in [5.41, 5.74) is 2.43. The molecule has 1 aromatic heterocycles. The van der Waals surface area contributed by atoms with E-state index < -0.39 is 0 Å². The molecule has 0 saturated heterocycles. The molecule has 0 N–H and O–H groups in total. The number of nitro benzene ring substituents is 1. The quantitative estimate of drug-likeness (QED) is 0.545. The molecule has 0 amide bonds. The van der Waals surface area contributed by atoms with E-state index >= 15 is 0 Å². The number of nitro groups is 1. The van der Waals surface area contributed by atoms with Crippen LogP contribution >= 0.6 is 0 Å². The molecule has 0 aliphatic rings. The maximum atomic E-state index is 10.9. The predicted octanol–water partition coefficient (Wildman–Crippen LogP) is 3.15. The number of aromatic nitrogens is 3. The number of nitrogens with zero attached hydrogens (tertiary/aromatic N) is 4. The Kier molecular flexibility index (Phi) is 3.19. The molecule has 6 nitrogen and oxygen atoms in total. The zero-order valence-corrected chi connectivity index (χ0v) is 11.3. The highest BCUT2D eigenvalue weighted by atomic mass is 16.6. The van der Waals surface area contributed by atoms with Crippen LogP contribution in [0, 0.1) is 17.0 Å². The summed E-state index contributed by atoms with van der Waals surface area (Å²) in [5.74, 6) is 0.652. The molecule has 104 valence electrons. The molecule has 0 spiro atoms. The number of aryl methyl sites for hydroxylation is 1. The van der Waals surface area contributed by atoms with Crippen LogP contribution < -0.4 is 0 Å². The van der Waals surface area contributed by atoms with Gasteiger partial charge in [0.2, 0.25) is 0 Å². The number of rotatable bonds is 3. The standard InChI is InChI=1S/C15H12N4O2/c1-11-9-12(7-8-14(11)19(20)21)15-17-16-10-18(15)13-5-3-2-4-6-13/h2-10H,1H3. The molecule has 2 aromatic carbocycles.